The number of imide groups is 1. The summed E-state index contributed by atoms with van der Waals surface area (Å²) in [7, 11) is 0. The molecule has 0 aliphatic carbocycles. The highest BCUT2D eigenvalue weighted by molar-refractivity contribution is 6.49. The van der Waals surface area contributed by atoms with E-state index >= 15 is 0 Å². The van der Waals surface area contributed by atoms with Crippen LogP contribution >= 0.6 is 0 Å². The molecule has 11 heteroatoms. The van der Waals surface area contributed by atoms with Gasteiger partial charge in [0.2, 0.25) is 5.91 Å². The zero-order valence-electron chi connectivity index (χ0n) is 21.5. The van der Waals surface area contributed by atoms with E-state index in [0.717, 1.165) is 24.8 Å². The Morgan fingerprint density at radius 2 is 1.82 bits per heavy atom. The standard InChI is InChI=1S/C29H26F2N6O3/c30-26(31)20-12-18-17(23-24(28(39)34-27(23)38)21-14-33-22-6-2-5-11-36(21)22)8-7-16-13-32-19(15-37(20)25(16)18)29(40)35-9-3-1-4-10-35/h2,5-8,11-12,14,19,26,32H,1,3-4,9-10,13,15H2,(H,34,38,39). The van der Waals surface area contributed by atoms with Crippen molar-refractivity contribution in [3.8, 4) is 0 Å². The summed E-state index contributed by atoms with van der Waals surface area (Å²) in [5.74, 6) is -1.26. The molecule has 2 N–H and O–H groups in total. The molecule has 204 valence electrons. The summed E-state index contributed by atoms with van der Waals surface area (Å²) in [5.41, 5.74) is 2.69. The van der Waals surface area contributed by atoms with Gasteiger partial charge in [-0.3, -0.25) is 24.1 Å². The van der Waals surface area contributed by atoms with Crippen molar-refractivity contribution >= 4 is 45.4 Å². The third-order valence-corrected chi connectivity index (χ3v) is 8.14. The Labute approximate surface area is 227 Å². The van der Waals surface area contributed by atoms with Gasteiger partial charge in [0.05, 0.1) is 34.2 Å². The van der Waals surface area contributed by atoms with Crippen molar-refractivity contribution in [1.82, 2.24) is 29.5 Å². The van der Waals surface area contributed by atoms with E-state index < -0.39 is 24.3 Å². The van der Waals surface area contributed by atoms with Crippen molar-refractivity contribution in [2.75, 3.05) is 13.1 Å². The average molecular weight is 545 g/mol. The second-order valence-corrected chi connectivity index (χ2v) is 10.4. The van der Waals surface area contributed by atoms with Crippen LogP contribution in [-0.2, 0) is 27.5 Å². The molecule has 3 aliphatic rings. The van der Waals surface area contributed by atoms with Gasteiger partial charge < -0.3 is 14.8 Å². The molecule has 9 nitrogen and oxygen atoms in total. The predicted octanol–water partition coefficient (Wildman–Crippen LogP) is 3.28. The van der Waals surface area contributed by atoms with Gasteiger partial charge in [-0.1, -0.05) is 18.2 Å². The van der Waals surface area contributed by atoms with Gasteiger partial charge in [0.15, 0.2) is 0 Å². The largest absolute Gasteiger partial charge is 0.341 e. The first-order chi connectivity index (χ1) is 19.4. The number of carbonyl (C=O) groups excluding carboxylic acids is 3. The van der Waals surface area contributed by atoms with Gasteiger partial charge >= 0.3 is 0 Å². The highest BCUT2D eigenvalue weighted by Gasteiger charge is 2.37. The maximum Gasteiger partial charge on any atom is 0.278 e. The molecular weight excluding hydrogens is 518 g/mol. The Morgan fingerprint density at radius 1 is 1.02 bits per heavy atom. The van der Waals surface area contributed by atoms with E-state index in [1.807, 2.05) is 11.0 Å². The van der Waals surface area contributed by atoms with Crippen molar-refractivity contribution < 1.29 is 23.2 Å². The number of benzene rings is 1. The van der Waals surface area contributed by atoms with Crippen molar-refractivity contribution in [3.05, 3.63) is 71.3 Å². The topological polar surface area (TPSA) is 101 Å². The number of amides is 3. The van der Waals surface area contributed by atoms with Crippen LogP contribution in [0.25, 0.3) is 27.7 Å². The molecule has 1 unspecified atom stereocenters. The highest BCUT2D eigenvalue weighted by Crippen LogP contribution is 2.40. The first-order valence-electron chi connectivity index (χ1n) is 13.4. The van der Waals surface area contributed by atoms with Crippen LogP contribution in [0.3, 0.4) is 0 Å². The van der Waals surface area contributed by atoms with Crippen LogP contribution in [0.4, 0.5) is 8.78 Å². The van der Waals surface area contributed by atoms with Gasteiger partial charge in [-0.25, -0.2) is 13.8 Å². The Bertz CT molecular complexity index is 1750. The molecule has 0 bridgehead atoms. The summed E-state index contributed by atoms with van der Waals surface area (Å²) in [4.78, 5) is 45.8. The van der Waals surface area contributed by atoms with Crippen LogP contribution in [0, 0.1) is 0 Å². The number of piperidine rings is 1. The predicted molar refractivity (Wildman–Crippen MR) is 143 cm³/mol. The van der Waals surface area contributed by atoms with Gasteiger partial charge in [0.1, 0.15) is 11.7 Å². The van der Waals surface area contributed by atoms with E-state index in [1.165, 1.54) is 16.8 Å². The van der Waals surface area contributed by atoms with Gasteiger partial charge in [0.25, 0.3) is 18.2 Å². The van der Waals surface area contributed by atoms with Crippen LogP contribution in [0.5, 0.6) is 0 Å². The third-order valence-electron chi connectivity index (χ3n) is 8.14. The van der Waals surface area contributed by atoms with Crippen LogP contribution in [0.2, 0.25) is 0 Å². The second-order valence-electron chi connectivity index (χ2n) is 10.4. The normalized spacial score (nSPS) is 19.7. The molecule has 0 radical (unpaired) electrons. The number of nitrogens with one attached hydrogen (secondary N) is 2. The fourth-order valence-corrected chi connectivity index (χ4v) is 6.27. The van der Waals surface area contributed by atoms with Crippen LogP contribution < -0.4 is 10.6 Å². The zero-order valence-corrected chi connectivity index (χ0v) is 21.5. The molecule has 1 aromatic carbocycles. The molecule has 0 saturated carbocycles. The number of imidazole rings is 1. The van der Waals surface area contributed by atoms with E-state index in [9.17, 15) is 23.2 Å². The Kier molecular flexibility index (Phi) is 5.77. The molecule has 3 aliphatic heterocycles. The molecule has 1 fully saturated rings. The average Bonchev–Trinajstić information content (AvgIpc) is 3.59. The van der Waals surface area contributed by atoms with E-state index in [4.69, 9.17) is 0 Å². The summed E-state index contributed by atoms with van der Waals surface area (Å²) < 4.78 is 32.1. The lowest BCUT2D eigenvalue weighted by Gasteiger charge is -2.30. The first kappa shape index (κ1) is 24.6. The molecule has 0 spiro atoms. The van der Waals surface area contributed by atoms with E-state index in [2.05, 4.69) is 15.6 Å². The number of hydrogen-bond acceptors (Lipinski definition) is 5. The Morgan fingerprint density at radius 3 is 2.62 bits per heavy atom. The molecule has 40 heavy (non-hydrogen) atoms. The van der Waals surface area contributed by atoms with E-state index in [0.29, 0.717) is 47.4 Å². The number of hydrogen-bond donors (Lipinski definition) is 2. The molecule has 6 heterocycles. The summed E-state index contributed by atoms with van der Waals surface area (Å²) in [6.45, 7) is 1.68. The van der Waals surface area contributed by atoms with Crippen LogP contribution in [0.1, 0.15) is 48.2 Å². The molecular formula is C29H26F2N6O3. The molecule has 4 aromatic rings. The van der Waals surface area contributed by atoms with Gasteiger partial charge in [-0.2, -0.15) is 0 Å². The number of rotatable bonds is 4. The number of fused-ring (bicyclic) bond motifs is 1. The third kappa shape index (κ3) is 3.75. The number of pyridine rings is 1. The number of nitrogens with zero attached hydrogens (tertiary/aromatic N) is 4. The summed E-state index contributed by atoms with van der Waals surface area (Å²) in [5, 5.41) is 6.10. The van der Waals surface area contributed by atoms with E-state index in [-0.39, 0.29) is 29.3 Å². The quantitative estimate of drug-likeness (QED) is 0.384. The lowest BCUT2D eigenvalue weighted by atomic mass is 9.95. The molecule has 3 amide bonds. The first-order valence-corrected chi connectivity index (χ1v) is 13.4. The summed E-state index contributed by atoms with van der Waals surface area (Å²) >= 11 is 0. The number of carbonyl (C=O) groups is 3. The SMILES string of the molecule is O=C1NC(=O)C(c2cnc3ccccn23)=C1c1ccc2c3c1cc(C(F)F)n3CC(C(=O)N1CCCCC1)NC2. The fraction of sp³-hybridized carbons (Fsp3) is 0.310. The lowest BCUT2D eigenvalue weighted by molar-refractivity contribution is -0.134. The number of likely N-dealkylation sites (tertiary alicyclic amines) is 1. The van der Waals surface area contributed by atoms with Crippen molar-refractivity contribution in [1.29, 1.82) is 0 Å². The van der Waals surface area contributed by atoms with Crippen LogP contribution in [0.15, 0.2) is 48.8 Å². The molecule has 1 saturated heterocycles. The lowest BCUT2D eigenvalue weighted by Crippen LogP contribution is -2.49. The minimum Gasteiger partial charge on any atom is -0.341 e. The minimum atomic E-state index is -2.80. The molecule has 7 rings (SSSR count). The zero-order chi connectivity index (χ0) is 27.5. The van der Waals surface area contributed by atoms with Gasteiger partial charge in [0, 0.05) is 37.8 Å². The van der Waals surface area contributed by atoms with Crippen molar-refractivity contribution in [2.45, 2.75) is 44.8 Å². The smallest absolute Gasteiger partial charge is 0.278 e. The van der Waals surface area contributed by atoms with Crippen molar-refractivity contribution in [2.24, 2.45) is 0 Å². The summed E-state index contributed by atoms with van der Waals surface area (Å²) in [6, 6.07) is 9.59. The Balaban J connectivity index is 1.40. The van der Waals surface area contributed by atoms with Crippen molar-refractivity contribution in [3.63, 3.8) is 0 Å². The fourth-order valence-electron chi connectivity index (χ4n) is 6.27. The van der Waals surface area contributed by atoms with Gasteiger partial charge in [-0.15, -0.1) is 0 Å². The molecule has 1 atom stereocenters. The molecule has 3 aromatic heterocycles. The van der Waals surface area contributed by atoms with E-state index in [1.54, 1.807) is 34.9 Å². The Hall–Kier alpha value is -4.38. The second kappa shape index (κ2) is 9.37. The number of aromatic nitrogens is 3. The summed E-state index contributed by atoms with van der Waals surface area (Å²) in [6.07, 6.45) is 3.41. The van der Waals surface area contributed by atoms with Crippen LogP contribution in [-0.4, -0.2) is 55.7 Å². The number of alkyl halides is 2. The van der Waals surface area contributed by atoms with Gasteiger partial charge in [-0.05, 0) is 48.6 Å². The maximum atomic E-state index is 14.5. The maximum absolute atomic E-state index is 14.5. The minimum absolute atomic E-state index is 0.0409. The monoisotopic (exact) mass is 544 g/mol. The highest BCUT2D eigenvalue weighted by atomic mass is 19.3. The number of halogens is 2.